The Morgan fingerprint density at radius 2 is 1.90 bits per heavy atom. The van der Waals surface area contributed by atoms with Gasteiger partial charge >= 0.3 is 5.97 Å². The smallest absolute Gasteiger partial charge is 0.335 e. The zero-order valence-electron chi connectivity index (χ0n) is 11.3. The summed E-state index contributed by atoms with van der Waals surface area (Å²) in [5.41, 5.74) is 0.0816. The molecule has 7 nitrogen and oxygen atoms in total. The number of hydrogen-bond donors (Lipinski definition) is 3. The zero-order valence-corrected chi connectivity index (χ0v) is 11.3. The first-order chi connectivity index (χ1) is 9.51. The van der Waals surface area contributed by atoms with Crippen molar-refractivity contribution in [3.8, 4) is 5.75 Å². The van der Waals surface area contributed by atoms with E-state index >= 15 is 0 Å². The molecule has 1 amide bonds. The summed E-state index contributed by atoms with van der Waals surface area (Å²) in [6, 6.07) is 3.41. The van der Waals surface area contributed by atoms with Crippen molar-refractivity contribution < 1.29 is 29.3 Å². The van der Waals surface area contributed by atoms with Crippen molar-refractivity contribution in [3.63, 3.8) is 0 Å². The van der Waals surface area contributed by atoms with Crippen molar-refractivity contribution >= 4 is 11.9 Å². The van der Waals surface area contributed by atoms with E-state index in [0.717, 1.165) is 0 Å². The Morgan fingerprint density at radius 3 is 2.40 bits per heavy atom. The van der Waals surface area contributed by atoms with E-state index in [1.165, 1.54) is 32.4 Å². The second-order valence-corrected chi connectivity index (χ2v) is 4.06. The average molecular weight is 283 g/mol. The van der Waals surface area contributed by atoms with Crippen LogP contribution in [0.4, 0.5) is 0 Å². The summed E-state index contributed by atoms with van der Waals surface area (Å²) in [5.74, 6) is -1.40. The first-order valence-corrected chi connectivity index (χ1v) is 5.84. The lowest BCUT2D eigenvalue weighted by atomic mass is 10.1. The minimum absolute atomic E-state index is 0.0539. The zero-order chi connectivity index (χ0) is 15.1. The third-order valence-electron chi connectivity index (χ3n) is 2.57. The summed E-state index contributed by atoms with van der Waals surface area (Å²) in [5, 5.41) is 20.6. The highest BCUT2D eigenvalue weighted by Gasteiger charge is 2.16. The number of rotatable bonds is 7. The summed E-state index contributed by atoms with van der Waals surface area (Å²) < 4.78 is 9.80. The largest absolute Gasteiger partial charge is 0.497 e. The number of benzene rings is 1. The van der Waals surface area contributed by atoms with Crippen molar-refractivity contribution in [2.45, 2.75) is 6.04 Å². The van der Waals surface area contributed by atoms with Gasteiger partial charge in [-0.15, -0.1) is 0 Å². The molecule has 0 unspecified atom stereocenters. The van der Waals surface area contributed by atoms with Crippen molar-refractivity contribution in [1.29, 1.82) is 0 Å². The summed E-state index contributed by atoms with van der Waals surface area (Å²) in [7, 11) is 2.83. The van der Waals surface area contributed by atoms with Gasteiger partial charge in [0.15, 0.2) is 0 Å². The van der Waals surface area contributed by atoms with Crippen LogP contribution < -0.4 is 10.1 Å². The Labute approximate surface area is 116 Å². The standard InChI is InChI=1S/C13H17NO6/c1-19-7-10(6-15)14-12(16)8-3-9(13(17)18)5-11(4-8)20-2/h3-5,10,15H,6-7H2,1-2H3,(H,14,16)(H,17,18)/t10-/m0/s1. The lowest BCUT2D eigenvalue weighted by molar-refractivity contribution is 0.0696. The van der Waals surface area contributed by atoms with E-state index in [9.17, 15) is 9.59 Å². The maximum atomic E-state index is 12.0. The highest BCUT2D eigenvalue weighted by atomic mass is 16.5. The Balaban J connectivity index is 2.96. The van der Waals surface area contributed by atoms with E-state index in [1.807, 2.05) is 0 Å². The number of nitrogens with one attached hydrogen (secondary N) is 1. The first-order valence-electron chi connectivity index (χ1n) is 5.84. The third-order valence-corrected chi connectivity index (χ3v) is 2.57. The maximum Gasteiger partial charge on any atom is 0.335 e. The van der Waals surface area contributed by atoms with Crippen molar-refractivity contribution in [2.75, 3.05) is 27.4 Å². The third kappa shape index (κ3) is 4.22. The fraction of sp³-hybridized carbons (Fsp3) is 0.385. The molecule has 0 fully saturated rings. The number of aliphatic hydroxyl groups excluding tert-OH is 1. The number of carbonyl (C=O) groups excluding carboxylic acids is 1. The second kappa shape index (κ2) is 7.46. The summed E-state index contributed by atoms with van der Waals surface area (Å²) in [4.78, 5) is 23.0. The van der Waals surface area contributed by atoms with Gasteiger partial charge in [-0.05, 0) is 18.2 Å². The fourth-order valence-corrected chi connectivity index (χ4v) is 1.58. The van der Waals surface area contributed by atoms with Gasteiger partial charge in [0.05, 0.1) is 31.9 Å². The van der Waals surface area contributed by atoms with E-state index in [4.69, 9.17) is 19.7 Å². The Hall–Kier alpha value is -2.12. The van der Waals surface area contributed by atoms with Crippen LogP contribution in [0, 0.1) is 0 Å². The quantitative estimate of drug-likeness (QED) is 0.657. The van der Waals surface area contributed by atoms with Gasteiger partial charge in [-0.25, -0.2) is 4.79 Å². The van der Waals surface area contributed by atoms with Crippen LogP contribution in [0.15, 0.2) is 18.2 Å². The molecule has 0 saturated carbocycles. The number of carboxylic acid groups (broad SMARTS) is 1. The molecule has 0 radical (unpaired) electrons. The molecule has 7 heteroatoms. The summed E-state index contributed by atoms with van der Waals surface area (Å²) in [6.07, 6.45) is 0. The highest BCUT2D eigenvalue weighted by Crippen LogP contribution is 2.17. The first kappa shape index (κ1) is 15.9. The Bertz CT molecular complexity index is 488. The minimum atomic E-state index is -1.16. The van der Waals surface area contributed by atoms with Gasteiger partial charge in [0.2, 0.25) is 0 Å². The monoisotopic (exact) mass is 283 g/mol. The predicted molar refractivity (Wildman–Crippen MR) is 70.2 cm³/mol. The van der Waals surface area contributed by atoms with E-state index in [2.05, 4.69) is 5.32 Å². The number of aromatic carboxylic acids is 1. The Kier molecular flexibility index (Phi) is 5.95. The molecule has 0 aromatic heterocycles. The summed E-state index contributed by atoms with van der Waals surface area (Å²) in [6.45, 7) is -0.132. The van der Waals surface area contributed by atoms with Gasteiger partial charge in [-0.3, -0.25) is 4.79 Å². The van der Waals surface area contributed by atoms with Crippen LogP contribution in [0.5, 0.6) is 5.75 Å². The number of ether oxygens (including phenoxy) is 2. The lowest BCUT2D eigenvalue weighted by Gasteiger charge is -2.15. The fourth-order valence-electron chi connectivity index (χ4n) is 1.58. The second-order valence-electron chi connectivity index (χ2n) is 4.06. The minimum Gasteiger partial charge on any atom is -0.497 e. The van der Waals surface area contributed by atoms with Gasteiger partial charge < -0.3 is 25.0 Å². The predicted octanol–water partition coefficient (Wildman–Crippen LogP) is 0.130. The van der Waals surface area contributed by atoms with Gasteiger partial charge in [0.1, 0.15) is 5.75 Å². The average Bonchev–Trinajstić information content (AvgIpc) is 2.45. The van der Waals surface area contributed by atoms with Crippen LogP contribution in [0.1, 0.15) is 20.7 Å². The molecular weight excluding hydrogens is 266 g/mol. The number of amides is 1. The molecule has 20 heavy (non-hydrogen) atoms. The van der Waals surface area contributed by atoms with E-state index < -0.39 is 17.9 Å². The lowest BCUT2D eigenvalue weighted by Crippen LogP contribution is -2.40. The van der Waals surface area contributed by atoms with E-state index in [0.29, 0.717) is 0 Å². The van der Waals surface area contributed by atoms with Crippen LogP contribution in [-0.4, -0.2) is 55.6 Å². The number of carboxylic acids is 1. The highest BCUT2D eigenvalue weighted by molar-refractivity contribution is 5.98. The van der Waals surface area contributed by atoms with Crippen LogP contribution >= 0.6 is 0 Å². The maximum absolute atomic E-state index is 12.0. The molecule has 0 bridgehead atoms. The van der Waals surface area contributed by atoms with Crippen molar-refractivity contribution in [1.82, 2.24) is 5.32 Å². The molecule has 110 valence electrons. The van der Waals surface area contributed by atoms with Gasteiger partial charge in [-0.1, -0.05) is 0 Å². The topological polar surface area (TPSA) is 105 Å². The molecule has 0 spiro atoms. The summed E-state index contributed by atoms with van der Waals surface area (Å²) >= 11 is 0. The number of aliphatic hydroxyl groups is 1. The normalized spacial score (nSPS) is 11.8. The van der Waals surface area contributed by atoms with E-state index in [-0.39, 0.29) is 30.1 Å². The Morgan fingerprint density at radius 1 is 1.25 bits per heavy atom. The molecule has 1 atom stereocenters. The van der Waals surface area contributed by atoms with E-state index in [1.54, 1.807) is 0 Å². The van der Waals surface area contributed by atoms with Gasteiger partial charge in [0.25, 0.3) is 5.91 Å². The number of methoxy groups -OCH3 is 2. The van der Waals surface area contributed by atoms with Crippen molar-refractivity contribution in [3.05, 3.63) is 29.3 Å². The molecule has 1 aromatic carbocycles. The molecule has 1 aromatic rings. The van der Waals surface area contributed by atoms with Gasteiger partial charge in [-0.2, -0.15) is 0 Å². The molecule has 0 aliphatic heterocycles. The van der Waals surface area contributed by atoms with Gasteiger partial charge in [0, 0.05) is 12.7 Å². The van der Waals surface area contributed by atoms with Crippen LogP contribution in [0.25, 0.3) is 0 Å². The molecule has 1 rings (SSSR count). The van der Waals surface area contributed by atoms with Crippen LogP contribution in [0.2, 0.25) is 0 Å². The SMILES string of the molecule is COC[C@H](CO)NC(=O)c1cc(OC)cc(C(=O)O)c1. The number of hydrogen-bond acceptors (Lipinski definition) is 5. The van der Waals surface area contributed by atoms with Crippen molar-refractivity contribution in [2.24, 2.45) is 0 Å². The molecular formula is C13H17NO6. The molecule has 3 N–H and O–H groups in total. The molecule has 0 aliphatic rings. The van der Waals surface area contributed by atoms with Crippen LogP contribution in [-0.2, 0) is 4.74 Å². The number of carbonyl (C=O) groups is 2. The van der Waals surface area contributed by atoms with Crippen LogP contribution in [0.3, 0.4) is 0 Å². The molecule has 0 saturated heterocycles. The molecule has 0 heterocycles. The molecule has 0 aliphatic carbocycles.